The summed E-state index contributed by atoms with van der Waals surface area (Å²) in [7, 11) is -0.907. The highest BCUT2D eigenvalue weighted by Gasteiger charge is 2.11. The number of benzene rings is 1. The fraction of sp³-hybridized carbons (Fsp3) is 0.462. The molecular weight excluding hydrogens is 248 g/mol. The number of nitrogens with one attached hydrogen (secondary N) is 1. The molecular formula is C13H20N2O2S. The molecule has 0 aliphatic heterocycles. The van der Waals surface area contributed by atoms with Crippen LogP contribution < -0.4 is 11.1 Å². The molecule has 18 heavy (non-hydrogen) atoms. The van der Waals surface area contributed by atoms with E-state index in [1.165, 1.54) is 0 Å². The Labute approximate surface area is 110 Å². The fourth-order valence-corrected chi connectivity index (χ4v) is 2.52. The molecule has 3 N–H and O–H groups in total. The standard InChI is InChI=1S/C13H20N2O2S/c1-10(9-18(2)17)15-13(16)12-5-3-4-11(8-12)6-7-14/h3-5,8,10H,6-7,9,14H2,1-2H3,(H,15,16). The first kappa shape index (κ1) is 14.9. The predicted molar refractivity (Wildman–Crippen MR) is 75.1 cm³/mol. The summed E-state index contributed by atoms with van der Waals surface area (Å²) in [6, 6.07) is 7.32. The van der Waals surface area contributed by atoms with Crippen LogP contribution in [0.4, 0.5) is 0 Å². The van der Waals surface area contributed by atoms with Gasteiger partial charge in [-0.05, 0) is 37.6 Å². The van der Waals surface area contributed by atoms with Crippen LogP contribution in [0.1, 0.15) is 22.8 Å². The van der Waals surface area contributed by atoms with Crippen LogP contribution in [0.3, 0.4) is 0 Å². The zero-order valence-electron chi connectivity index (χ0n) is 10.8. The first-order valence-electron chi connectivity index (χ1n) is 5.93. The van der Waals surface area contributed by atoms with E-state index in [4.69, 9.17) is 5.73 Å². The summed E-state index contributed by atoms with van der Waals surface area (Å²) in [5, 5.41) is 2.83. The molecule has 4 nitrogen and oxygen atoms in total. The molecule has 1 amide bonds. The smallest absolute Gasteiger partial charge is 0.251 e. The van der Waals surface area contributed by atoms with Crippen LogP contribution in [0.5, 0.6) is 0 Å². The Hall–Kier alpha value is -1.20. The van der Waals surface area contributed by atoms with Gasteiger partial charge >= 0.3 is 0 Å². The molecule has 0 radical (unpaired) electrons. The maximum Gasteiger partial charge on any atom is 0.251 e. The molecule has 0 bridgehead atoms. The molecule has 5 heteroatoms. The minimum atomic E-state index is -0.907. The predicted octanol–water partition coefficient (Wildman–Crippen LogP) is 0.685. The highest BCUT2D eigenvalue weighted by molar-refractivity contribution is 7.84. The quantitative estimate of drug-likeness (QED) is 0.797. The van der Waals surface area contributed by atoms with Crippen molar-refractivity contribution in [1.29, 1.82) is 0 Å². The summed E-state index contributed by atoms with van der Waals surface area (Å²) < 4.78 is 11.1. The van der Waals surface area contributed by atoms with Crippen molar-refractivity contribution in [3.05, 3.63) is 35.4 Å². The normalized spacial score (nSPS) is 13.9. The third-order valence-corrected chi connectivity index (χ3v) is 3.45. The van der Waals surface area contributed by atoms with Gasteiger partial charge in [-0.25, -0.2) is 0 Å². The molecule has 0 aliphatic carbocycles. The van der Waals surface area contributed by atoms with Crippen LogP contribution in [0.2, 0.25) is 0 Å². The van der Waals surface area contributed by atoms with Gasteiger partial charge in [0.05, 0.1) is 0 Å². The van der Waals surface area contributed by atoms with E-state index < -0.39 is 10.8 Å². The number of amides is 1. The van der Waals surface area contributed by atoms with Crippen molar-refractivity contribution in [2.75, 3.05) is 18.6 Å². The van der Waals surface area contributed by atoms with Gasteiger partial charge in [0.15, 0.2) is 0 Å². The van der Waals surface area contributed by atoms with Gasteiger partial charge in [0, 0.05) is 34.4 Å². The Bertz CT molecular complexity index is 435. The summed E-state index contributed by atoms with van der Waals surface area (Å²) in [5.74, 6) is 0.334. The average molecular weight is 268 g/mol. The third kappa shape index (κ3) is 4.98. The number of carbonyl (C=O) groups excluding carboxylic acids is 1. The van der Waals surface area contributed by atoms with E-state index in [1.807, 2.05) is 25.1 Å². The highest BCUT2D eigenvalue weighted by Crippen LogP contribution is 2.06. The zero-order valence-corrected chi connectivity index (χ0v) is 11.6. The van der Waals surface area contributed by atoms with E-state index in [9.17, 15) is 9.00 Å². The number of nitrogens with two attached hydrogens (primary N) is 1. The summed E-state index contributed by atoms with van der Waals surface area (Å²) in [5.41, 5.74) is 7.16. The molecule has 2 atom stereocenters. The second kappa shape index (κ2) is 7.28. The Morgan fingerprint density at radius 3 is 2.83 bits per heavy atom. The minimum Gasteiger partial charge on any atom is -0.349 e. The molecule has 100 valence electrons. The lowest BCUT2D eigenvalue weighted by atomic mass is 10.1. The van der Waals surface area contributed by atoms with Crippen molar-refractivity contribution >= 4 is 16.7 Å². The fourth-order valence-electron chi connectivity index (χ4n) is 1.74. The van der Waals surface area contributed by atoms with Gasteiger partial charge in [0.1, 0.15) is 0 Å². The van der Waals surface area contributed by atoms with Crippen LogP contribution in [-0.4, -0.2) is 34.7 Å². The summed E-state index contributed by atoms with van der Waals surface area (Å²) >= 11 is 0. The van der Waals surface area contributed by atoms with Crippen LogP contribution in [0.25, 0.3) is 0 Å². The second-order valence-corrected chi connectivity index (χ2v) is 5.83. The minimum absolute atomic E-state index is 0.0958. The first-order chi connectivity index (χ1) is 8.52. The molecule has 0 saturated carbocycles. The summed E-state index contributed by atoms with van der Waals surface area (Å²) in [6.07, 6.45) is 2.39. The van der Waals surface area contributed by atoms with Crippen molar-refractivity contribution in [1.82, 2.24) is 5.32 Å². The molecule has 0 spiro atoms. The molecule has 1 aromatic rings. The van der Waals surface area contributed by atoms with Crippen LogP contribution in [-0.2, 0) is 17.2 Å². The van der Waals surface area contributed by atoms with Gasteiger partial charge in [0.2, 0.25) is 0 Å². The number of hydrogen-bond acceptors (Lipinski definition) is 3. The molecule has 1 rings (SSSR count). The van der Waals surface area contributed by atoms with Crippen molar-refractivity contribution in [3.8, 4) is 0 Å². The Balaban J connectivity index is 2.66. The van der Waals surface area contributed by atoms with Gasteiger partial charge in [-0.3, -0.25) is 9.00 Å². The largest absolute Gasteiger partial charge is 0.349 e. The van der Waals surface area contributed by atoms with Crippen molar-refractivity contribution in [2.45, 2.75) is 19.4 Å². The van der Waals surface area contributed by atoms with Crippen LogP contribution in [0, 0.1) is 0 Å². The Kier molecular flexibility index (Phi) is 6.01. The number of hydrogen-bond donors (Lipinski definition) is 2. The topological polar surface area (TPSA) is 72.2 Å². The maximum atomic E-state index is 12.0. The lowest BCUT2D eigenvalue weighted by molar-refractivity contribution is 0.0943. The molecule has 0 fully saturated rings. The zero-order chi connectivity index (χ0) is 13.5. The molecule has 1 aromatic carbocycles. The lowest BCUT2D eigenvalue weighted by Gasteiger charge is -2.12. The Morgan fingerprint density at radius 1 is 1.50 bits per heavy atom. The van der Waals surface area contributed by atoms with Crippen LogP contribution in [0.15, 0.2) is 24.3 Å². The lowest BCUT2D eigenvalue weighted by Crippen LogP contribution is -2.36. The van der Waals surface area contributed by atoms with E-state index in [0.717, 1.165) is 12.0 Å². The van der Waals surface area contributed by atoms with Gasteiger partial charge in [0.25, 0.3) is 5.91 Å². The van der Waals surface area contributed by atoms with Gasteiger partial charge < -0.3 is 11.1 Å². The average Bonchev–Trinajstić information content (AvgIpc) is 2.28. The van der Waals surface area contributed by atoms with Crippen LogP contribution >= 0.6 is 0 Å². The van der Waals surface area contributed by atoms with E-state index in [0.29, 0.717) is 17.9 Å². The van der Waals surface area contributed by atoms with Crippen molar-refractivity contribution < 1.29 is 9.00 Å². The first-order valence-corrected chi connectivity index (χ1v) is 7.65. The molecule has 2 unspecified atom stereocenters. The third-order valence-electron chi connectivity index (χ3n) is 2.48. The van der Waals surface area contributed by atoms with E-state index >= 15 is 0 Å². The highest BCUT2D eigenvalue weighted by atomic mass is 32.2. The molecule has 0 aliphatic rings. The monoisotopic (exact) mass is 268 g/mol. The molecule has 0 saturated heterocycles. The van der Waals surface area contributed by atoms with Crippen molar-refractivity contribution in [2.24, 2.45) is 5.73 Å². The summed E-state index contributed by atoms with van der Waals surface area (Å²) in [6.45, 7) is 2.42. The maximum absolute atomic E-state index is 12.0. The SMILES string of the molecule is CC(CS(C)=O)NC(=O)c1cccc(CCN)c1. The Morgan fingerprint density at radius 2 is 2.22 bits per heavy atom. The van der Waals surface area contributed by atoms with Crippen molar-refractivity contribution in [3.63, 3.8) is 0 Å². The number of carbonyl (C=O) groups is 1. The molecule has 0 aromatic heterocycles. The molecule has 0 heterocycles. The second-order valence-electron chi connectivity index (χ2n) is 4.35. The van der Waals surface area contributed by atoms with Gasteiger partial charge in [-0.15, -0.1) is 0 Å². The van der Waals surface area contributed by atoms with E-state index in [2.05, 4.69) is 5.32 Å². The number of rotatable bonds is 6. The van der Waals surface area contributed by atoms with E-state index in [-0.39, 0.29) is 11.9 Å². The van der Waals surface area contributed by atoms with Gasteiger partial charge in [-0.2, -0.15) is 0 Å². The summed E-state index contributed by atoms with van der Waals surface area (Å²) in [4.78, 5) is 12.0. The van der Waals surface area contributed by atoms with Gasteiger partial charge in [-0.1, -0.05) is 12.1 Å². The van der Waals surface area contributed by atoms with E-state index in [1.54, 1.807) is 12.3 Å².